The van der Waals surface area contributed by atoms with E-state index in [4.69, 9.17) is 0 Å². The topological polar surface area (TPSA) is 57.8 Å². The maximum absolute atomic E-state index is 12.5. The van der Waals surface area contributed by atoms with Crippen LogP contribution in [0.5, 0.6) is 0 Å². The Kier molecular flexibility index (Phi) is 5.76. The number of nitriles is 1. The Morgan fingerprint density at radius 1 is 1.07 bits per heavy atom. The summed E-state index contributed by atoms with van der Waals surface area (Å²) in [7, 11) is 0. The second-order valence-corrected chi connectivity index (χ2v) is 6.84. The molecule has 0 saturated carbocycles. The Labute approximate surface area is 165 Å². The third kappa shape index (κ3) is 4.21. The SMILES string of the molecule is Cc1cccc(-n2c(C)cc(/C=C(/C#N)C(=O)NCc3ccccc3)c2C)c1. The van der Waals surface area contributed by atoms with Gasteiger partial charge in [0.1, 0.15) is 11.6 Å². The molecule has 0 bridgehead atoms. The molecule has 1 heterocycles. The number of carbonyl (C=O) groups excluding carboxylic acids is 1. The van der Waals surface area contributed by atoms with Gasteiger partial charge >= 0.3 is 0 Å². The molecule has 0 aliphatic heterocycles. The molecule has 0 aliphatic rings. The predicted molar refractivity (Wildman–Crippen MR) is 112 cm³/mol. The molecule has 1 N–H and O–H groups in total. The molecule has 0 unspecified atom stereocenters. The van der Waals surface area contributed by atoms with Crippen LogP contribution in [0.15, 0.2) is 66.2 Å². The van der Waals surface area contributed by atoms with E-state index in [1.807, 2.05) is 62.4 Å². The van der Waals surface area contributed by atoms with Gasteiger partial charge in [-0.1, -0.05) is 42.5 Å². The Morgan fingerprint density at radius 3 is 2.50 bits per heavy atom. The molecule has 0 radical (unpaired) electrons. The highest BCUT2D eigenvalue weighted by Crippen LogP contribution is 2.23. The summed E-state index contributed by atoms with van der Waals surface area (Å²) in [5.41, 5.74) is 6.25. The largest absolute Gasteiger partial charge is 0.347 e. The van der Waals surface area contributed by atoms with Crippen LogP contribution in [0.1, 0.15) is 28.1 Å². The number of nitrogens with one attached hydrogen (secondary N) is 1. The summed E-state index contributed by atoms with van der Waals surface area (Å²) >= 11 is 0. The molecule has 0 aliphatic carbocycles. The third-order valence-corrected chi connectivity index (χ3v) is 4.69. The van der Waals surface area contributed by atoms with Crippen molar-refractivity contribution in [3.8, 4) is 11.8 Å². The van der Waals surface area contributed by atoms with Gasteiger partial charge in [0.05, 0.1) is 0 Å². The summed E-state index contributed by atoms with van der Waals surface area (Å²) in [6, 6.07) is 21.9. The Morgan fingerprint density at radius 2 is 1.82 bits per heavy atom. The number of aromatic nitrogens is 1. The molecule has 4 nitrogen and oxygen atoms in total. The van der Waals surface area contributed by atoms with Crippen LogP contribution in [0, 0.1) is 32.1 Å². The van der Waals surface area contributed by atoms with E-state index in [-0.39, 0.29) is 11.5 Å². The van der Waals surface area contributed by atoms with Crippen molar-refractivity contribution < 1.29 is 4.79 Å². The molecule has 3 rings (SSSR count). The zero-order valence-electron chi connectivity index (χ0n) is 16.4. The van der Waals surface area contributed by atoms with Gasteiger partial charge in [0.15, 0.2) is 0 Å². The molecule has 28 heavy (non-hydrogen) atoms. The van der Waals surface area contributed by atoms with Crippen LogP contribution in [-0.2, 0) is 11.3 Å². The zero-order chi connectivity index (χ0) is 20.1. The summed E-state index contributed by atoms with van der Waals surface area (Å²) < 4.78 is 2.13. The number of aryl methyl sites for hydroxylation is 2. The first-order valence-corrected chi connectivity index (χ1v) is 9.19. The van der Waals surface area contributed by atoms with Gasteiger partial charge in [-0.25, -0.2) is 0 Å². The van der Waals surface area contributed by atoms with Gasteiger partial charge in [0, 0.05) is 23.6 Å². The summed E-state index contributed by atoms with van der Waals surface area (Å²) in [4.78, 5) is 12.5. The Bertz CT molecular complexity index is 1070. The summed E-state index contributed by atoms with van der Waals surface area (Å²) in [5, 5.41) is 12.3. The number of rotatable bonds is 5. The smallest absolute Gasteiger partial charge is 0.262 e. The molecule has 4 heteroatoms. The fraction of sp³-hybridized carbons (Fsp3) is 0.167. The van der Waals surface area contributed by atoms with Crippen LogP contribution in [-0.4, -0.2) is 10.5 Å². The fourth-order valence-electron chi connectivity index (χ4n) is 3.28. The van der Waals surface area contributed by atoms with Crippen molar-refractivity contribution in [2.24, 2.45) is 0 Å². The zero-order valence-corrected chi connectivity index (χ0v) is 16.4. The third-order valence-electron chi connectivity index (χ3n) is 4.69. The minimum atomic E-state index is -0.369. The predicted octanol–water partition coefficient (Wildman–Crippen LogP) is 4.63. The van der Waals surface area contributed by atoms with E-state index in [1.54, 1.807) is 6.08 Å². The number of hydrogen-bond donors (Lipinski definition) is 1. The fourth-order valence-corrected chi connectivity index (χ4v) is 3.28. The van der Waals surface area contributed by atoms with Gasteiger partial charge in [-0.2, -0.15) is 5.26 Å². The highest BCUT2D eigenvalue weighted by molar-refractivity contribution is 6.01. The first-order chi connectivity index (χ1) is 13.5. The summed E-state index contributed by atoms with van der Waals surface area (Å²) in [6.07, 6.45) is 1.66. The molecule has 140 valence electrons. The lowest BCUT2D eigenvalue weighted by Crippen LogP contribution is -2.23. The monoisotopic (exact) mass is 369 g/mol. The van der Waals surface area contributed by atoms with Crippen molar-refractivity contribution in [1.82, 2.24) is 9.88 Å². The number of hydrogen-bond acceptors (Lipinski definition) is 2. The molecular formula is C24H23N3O. The van der Waals surface area contributed by atoms with Gasteiger partial charge in [-0.05, 0) is 61.7 Å². The second kappa shape index (κ2) is 8.41. The molecule has 0 fully saturated rings. The second-order valence-electron chi connectivity index (χ2n) is 6.84. The van der Waals surface area contributed by atoms with E-state index >= 15 is 0 Å². The number of amides is 1. The van der Waals surface area contributed by atoms with Gasteiger partial charge in [-0.3, -0.25) is 4.79 Å². The van der Waals surface area contributed by atoms with E-state index < -0.39 is 0 Å². The molecule has 3 aromatic rings. The number of nitrogens with zero attached hydrogens (tertiary/aromatic N) is 2. The molecular weight excluding hydrogens is 346 g/mol. The Hall–Kier alpha value is -3.58. The maximum Gasteiger partial charge on any atom is 0.262 e. The van der Waals surface area contributed by atoms with E-state index in [0.717, 1.165) is 28.2 Å². The van der Waals surface area contributed by atoms with Crippen molar-refractivity contribution in [2.45, 2.75) is 27.3 Å². The lowest BCUT2D eigenvalue weighted by molar-refractivity contribution is -0.117. The van der Waals surface area contributed by atoms with Crippen LogP contribution in [0.3, 0.4) is 0 Å². The normalized spacial score (nSPS) is 11.1. The van der Waals surface area contributed by atoms with E-state index in [0.29, 0.717) is 6.54 Å². The Balaban J connectivity index is 1.86. The van der Waals surface area contributed by atoms with Crippen molar-refractivity contribution in [3.63, 3.8) is 0 Å². The molecule has 0 saturated heterocycles. The van der Waals surface area contributed by atoms with E-state index in [2.05, 4.69) is 35.0 Å². The highest BCUT2D eigenvalue weighted by Gasteiger charge is 2.13. The van der Waals surface area contributed by atoms with Gasteiger partial charge in [-0.15, -0.1) is 0 Å². The van der Waals surface area contributed by atoms with Crippen LogP contribution in [0.25, 0.3) is 11.8 Å². The van der Waals surface area contributed by atoms with Crippen molar-refractivity contribution >= 4 is 12.0 Å². The number of carbonyl (C=O) groups is 1. The lowest BCUT2D eigenvalue weighted by atomic mass is 10.1. The highest BCUT2D eigenvalue weighted by atomic mass is 16.1. The van der Waals surface area contributed by atoms with Crippen molar-refractivity contribution in [2.75, 3.05) is 0 Å². The molecule has 1 amide bonds. The maximum atomic E-state index is 12.5. The van der Waals surface area contributed by atoms with Gasteiger partial charge in [0.25, 0.3) is 5.91 Å². The molecule has 0 atom stereocenters. The quantitative estimate of drug-likeness (QED) is 0.527. The summed E-state index contributed by atoms with van der Waals surface area (Å²) in [6.45, 7) is 6.47. The van der Waals surface area contributed by atoms with E-state index in [1.165, 1.54) is 5.56 Å². The number of benzene rings is 2. The minimum Gasteiger partial charge on any atom is -0.347 e. The van der Waals surface area contributed by atoms with Crippen LogP contribution >= 0.6 is 0 Å². The van der Waals surface area contributed by atoms with Gasteiger partial charge < -0.3 is 9.88 Å². The standard InChI is InChI=1S/C24H23N3O/c1-17-8-7-11-23(12-17)27-18(2)13-21(19(27)3)14-22(15-25)24(28)26-16-20-9-5-4-6-10-20/h4-14H,16H2,1-3H3,(H,26,28)/b22-14-. The summed E-state index contributed by atoms with van der Waals surface area (Å²) in [5.74, 6) is -0.369. The van der Waals surface area contributed by atoms with E-state index in [9.17, 15) is 10.1 Å². The first-order valence-electron chi connectivity index (χ1n) is 9.19. The minimum absolute atomic E-state index is 0.0976. The van der Waals surface area contributed by atoms with Crippen LogP contribution in [0.4, 0.5) is 0 Å². The average Bonchev–Trinajstić information content (AvgIpc) is 2.98. The van der Waals surface area contributed by atoms with Gasteiger partial charge in [0.2, 0.25) is 0 Å². The van der Waals surface area contributed by atoms with Crippen LogP contribution < -0.4 is 5.32 Å². The van der Waals surface area contributed by atoms with Crippen LogP contribution in [0.2, 0.25) is 0 Å². The lowest BCUT2D eigenvalue weighted by Gasteiger charge is -2.10. The molecule has 2 aromatic carbocycles. The average molecular weight is 369 g/mol. The molecule has 1 aromatic heterocycles. The first kappa shape index (κ1) is 19.2. The van der Waals surface area contributed by atoms with Crippen molar-refractivity contribution in [3.05, 3.63) is 94.3 Å². The van der Waals surface area contributed by atoms with Crippen molar-refractivity contribution in [1.29, 1.82) is 5.26 Å². The molecule has 0 spiro atoms.